The quantitative estimate of drug-likeness (QED) is 0.727. The van der Waals surface area contributed by atoms with E-state index in [1.165, 1.54) is 5.56 Å². The van der Waals surface area contributed by atoms with Gasteiger partial charge in [0, 0.05) is 5.69 Å². The predicted molar refractivity (Wildman–Crippen MR) is 104 cm³/mol. The third-order valence-electron chi connectivity index (χ3n) is 4.18. The first-order chi connectivity index (χ1) is 12.4. The fraction of sp³-hybridized carbons (Fsp3) is 0.364. The maximum Gasteiger partial charge on any atom is 0.338 e. The number of hydrogen-bond acceptors (Lipinski definition) is 3. The molecular weight excluding hydrogens is 326 g/mol. The first kappa shape index (κ1) is 19.7. The van der Waals surface area contributed by atoms with E-state index >= 15 is 0 Å². The van der Waals surface area contributed by atoms with Gasteiger partial charge in [0.1, 0.15) is 0 Å². The molecule has 0 spiro atoms. The van der Waals surface area contributed by atoms with Crippen molar-refractivity contribution >= 4 is 17.6 Å². The van der Waals surface area contributed by atoms with Crippen LogP contribution in [-0.2, 0) is 16.0 Å². The molecule has 0 aliphatic rings. The monoisotopic (exact) mass is 353 g/mol. The van der Waals surface area contributed by atoms with Crippen LogP contribution in [0, 0.1) is 5.92 Å². The summed E-state index contributed by atoms with van der Waals surface area (Å²) in [5, 5.41) is 2.89. The van der Waals surface area contributed by atoms with Crippen molar-refractivity contribution in [2.75, 3.05) is 11.9 Å². The second kappa shape index (κ2) is 9.18. The standard InChI is InChI=1S/C22H27NO3/c1-5-26-22(25)19-10-12-20(13-11-19)23-21(24)16(4)18-8-6-17(7-9-18)14-15(2)3/h6-13,15-16H,5,14H2,1-4H3,(H,23,24). The number of carbonyl (C=O) groups is 2. The summed E-state index contributed by atoms with van der Waals surface area (Å²) >= 11 is 0. The van der Waals surface area contributed by atoms with Gasteiger partial charge in [-0.25, -0.2) is 4.79 Å². The third kappa shape index (κ3) is 5.45. The van der Waals surface area contributed by atoms with E-state index in [1.807, 2.05) is 19.1 Å². The fourth-order valence-electron chi connectivity index (χ4n) is 2.72. The van der Waals surface area contributed by atoms with Crippen molar-refractivity contribution in [3.63, 3.8) is 0 Å². The summed E-state index contributed by atoms with van der Waals surface area (Å²) < 4.78 is 4.95. The van der Waals surface area contributed by atoms with Gasteiger partial charge in [0.25, 0.3) is 0 Å². The number of esters is 1. The van der Waals surface area contributed by atoms with Crippen LogP contribution in [0.4, 0.5) is 5.69 Å². The highest BCUT2D eigenvalue weighted by Gasteiger charge is 2.16. The molecule has 0 aromatic heterocycles. The maximum absolute atomic E-state index is 12.5. The second-order valence-corrected chi connectivity index (χ2v) is 6.85. The molecule has 1 atom stereocenters. The molecule has 4 heteroatoms. The molecule has 0 aliphatic heterocycles. The number of nitrogens with one attached hydrogen (secondary N) is 1. The minimum absolute atomic E-state index is 0.0782. The Balaban J connectivity index is 1.99. The van der Waals surface area contributed by atoms with Crippen LogP contribution in [0.15, 0.2) is 48.5 Å². The summed E-state index contributed by atoms with van der Waals surface area (Å²) in [6.45, 7) is 8.38. The topological polar surface area (TPSA) is 55.4 Å². The number of ether oxygens (including phenoxy) is 1. The van der Waals surface area contributed by atoms with Gasteiger partial charge >= 0.3 is 5.97 Å². The van der Waals surface area contributed by atoms with E-state index in [0.29, 0.717) is 23.8 Å². The van der Waals surface area contributed by atoms with Crippen molar-refractivity contribution in [1.29, 1.82) is 0 Å². The third-order valence-corrected chi connectivity index (χ3v) is 4.18. The van der Waals surface area contributed by atoms with Gasteiger partial charge in [-0.15, -0.1) is 0 Å². The Morgan fingerprint density at radius 2 is 1.58 bits per heavy atom. The van der Waals surface area contributed by atoms with Gasteiger partial charge in [-0.05, 0) is 61.6 Å². The summed E-state index contributed by atoms with van der Waals surface area (Å²) in [5.74, 6) is -0.0855. The average Bonchev–Trinajstić information content (AvgIpc) is 2.62. The first-order valence-electron chi connectivity index (χ1n) is 9.07. The zero-order chi connectivity index (χ0) is 19.1. The molecule has 4 nitrogen and oxygen atoms in total. The van der Waals surface area contributed by atoms with E-state index in [2.05, 4.69) is 31.3 Å². The molecule has 138 valence electrons. The Morgan fingerprint density at radius 3 is 2.12 bits per heavy atom. The summed E-state index contributed by atoms with van der Waals surface area (Å²) in [5.41, 5.74) is 3.40. The van der Waals surface area contributed by atoms with Gasteiger partial charge in [-0.3, -0.25) is 4.79 Å². The Morgan fingerprint density at radius 1 is 0.962 bits per heavy atom. The molecule has 1 N–H and O–H groups in total. The van der Waals surface area contributed by atoms with Crippen LogP contribution in [0.2, 0.25) is 0 Å². The SMILES string of the molecule is CCOC(=O)c1ccc(NC(=O)C(C)c2ccc(CC(C)C)cc2)cc1. The van der Waals surface area contributed by atoms with Crippen LogP contribution in [0.3, 0.4) is 0 Å². The predicted octanol–water partition coefficient (Wildman–Crippen LogP) is 4.80. The second-order valence-electron chi connectivity index (χ2n) is 6.85. The first-order valence-corrected chi connectivity index (χ1v) is 9.07. The number of rotatable bonds is 7. The summed E-state index contributed by atoms with van der Waals surface area (Å²) in [7, 11) is 0. The molecule has 1 unspecified atom stereocenters. The Labute approximate surface area is 155 Å². The molecule has 0 saturated heterocycles. The van der Waals surface area contributed by atoms with Crippen molar-refractivity contribution in [2.24, 2.45) is 5.92 Å². The van der Waals surface area contributed by atoms with Crippen molar-refractivity contribution in [3.8, 4) is 0 Å². The molecule has 1 amide bonds. The lowest BCUT2D eigenvalue weighted by Gasteiger charge is -2.14. The summed E-state index contributed by atoms with van der Waals surface area (Å²) in [4.78, 5) is 24.2. The van der Waals surface area contributed by atoms with E-state index in [9.17, 15) is 9.59 Å². The van der Waals surface area contributed by atoms with Crippen LogP contribution in [0.1, 0.15) is 55.1 Å². The van der Waals surface area contributed by atoms with Gasteiger partial charge in [0.05, 0.1) is 18.1 Å². The van der Waals surface area contributed by atoms with Crippen molar-refractivity contribution in [2.45, 2.75) is 40.0 Å². The highest BCUT2D eigenvalue weighted by molar-refractivity contribution is 5.96. The van der Waals surface area contributed by atoms with Gasteiger partial charge < -0.3 is 10.1 Å². The lowest BCUT2D eigenvalue weighted by Crippen LogP contribution is -2.19. The molecule has 26 heavy (non-hydrogen) atoms. The molecule has 2 aromatic carbocycles. The summed E-state index contributed by atoms with van der Waals surface area (Å²) in [6.07, 6.45) is 1.04. The highest BCUT2D eigenvalue weighted by Crippen LogP contribution is 2.20. The molecule has 0 heterocycles. The van der Waals surface area contributed by atoms with Crippen LogP contribution in [0.25, 0.3) is 0 Å². The fourth-order valence-corrected chi connectivity index (χ4v) is 2.72. The minimum Gasteiger partial charge on any atom is -0.462 e. The normalized spacial score (nSPS) is 11.9. The van der Waals surface area contributed by atoms with Gasteiger partial charge in [-0.2, -0.15) is 0 Å². The van der Waals surface area contributed by atoms with E-state index in [4.69, 9.17) is 4.74 Å². The Bertz CT molecular complexity index is 733. The highest BCUT2D eigenvalue weighted by atomic mass is 16.5. The number of anilines is 1. The molecule has 2 rings (SSSR count). The molecule has 0 bridgehead atoms. The van der Waals surface area contributed by atoms with E-state index in [1.54, 1.807) is 31.2 Å². The lowest BCUT2D eigenvalue weighted by molar-refractivity contribution is -0.117. The lowest BCUT2D eigenvalue weighted by atomic mass is 9.96. The van der Waals surface area contributed by atoms with E-state index in [-0.39, 0.29) is 17.8 Å². The maximum atomic E-state index is 12.5. The van der Waals surface area contributed by atoms with Gasteiger partial charge in [-0.1, -0.05) is 38.1 Å². The smallest absolute Gasteiger partial charge is 0.338 e. The minimum atomic E-state index is -0.361. The molecule has 0 fully saturated rings. The average molecular weight is 353 g/mol. The number of hydrogen-bond donors (Lipinski definition) is 1. The molecule has 0 saturated carbocycles. The van der Waals surface area contributed by atoms with Crippen LogP contribution in [0.5, 0.6) is 0 Å². The summed E-state index contributed by atoms with van der Waals surface area (Å²) in [6, 6.07) is 14.9. The number of amides is 1. The zero-order valence-corrected chi connectivity index (χ0v) is 15.9. The zero-order valence-electron chi connectivity index (χ0n) is 15.9. The van der Waals surface area contributed by atoms with Crippen molar-refractivity contribution < 1.29 is 14.3 Å². The van der Waals surface area contributed by atoms with Crippen molar-refractivity contribution in [1.82, 2.24) is 0 Å². The van der Waals surface area contributed by atoms with Gasteiger partial charge in [0.15, 0.2) is 0 Å². The Kier molecular flexibility index (Phi) is 6.96. The molecule has 0 radical (unpaired) electrons. The van der Waals surface area contributed by atoms with E-state index < -0.39 is 0 Å². The van der Waals surface area contributed by atoms with Gasteiger partial charge in [0.2, 0.25) is 5.91 Å². The molecule has 0 aliphatic carbocycles. The largest absolute Gasteiger partial charge is 0.462 e. The number of benzene rings is 2. The van der Waals surface area contributed by atoms with Crippen LogP contribution in [-0.4, -0.2) is 18.5 Å². The van der Waals surface area contributed by atoms with Crippen molar-refractivity contribution in [3.05, 3.63) is 65.2 Å². The van der Waals surface area contributed by atoms with E-state index in [0.717, 1.165) is 12.0 Å². The van der Waals surface area contributed by atoms with Crippen LogP contribution >= 0.6 is 0 Å². The number of carbonyl (C=O) groups excluding carboxylic acids is 2. The molecular formula is C22H27NO3. The Hall–Kier alpha value is -2.62. The molecule has 2 aromatic rings. The van der Waals surface area contributed by atoms with Crippen LogP contribution < -0.4 is 5.32 Å².